The van der Waals surface area contributed by atoms with Gasteiger partial charge < -0.3 is 9.74 Å². The van der Waals surface area contributed by atoms with Crippen molar-refractivity contribution >= 4 is 8.32 Å². The van der Waals surface area contributed by atoms with E-state index in [1.807, 2.05) is 6.92 Å². The summed E-state index contributed by atoms with van der Waals surface area (Å²) in [5.74, 6) is 6.68. The maximum atomic E-state index is 6.32. The largest absolute Gasteiger partial charge is 0.415 e. The highest BCUT2D eigenvalue weighted by Crippen LogP contribution is 2.36. The van der Waals surface area contributed by atoms with Crippen molar-refractivity contribution in [2.24, 2.45) is 5.92 Å². The average molecular weight is 284 g/mol. The van der Waals surface area contributed by atoms with Crippen LogP contribution in [0, 0.1) is 17.8 Å². The van der Waals surface area contributed by atoms with E-state index >= 15 is 0 Å². The molecule has 0 saturated heterocycles. The Bertz CT molecular complexity index is 307. The van der Waals surface area contributed by atoms with Gasteiger partial charge in [-0.15, -0.1) is 5.92 Å². The minimum absolute atomic E-state index is 0.276. The van der Waals surface area contributed by atoms with E-state index in [4.69, 9.17) is 4.43 Å². The molecule has 19 heavy (non-hydrogen) atoms. The van der Waals surface area contributed by atoms with Crippen molar-refractivity contribution < 1.29 is 4.43 Å². The Labute approximate surface area is 121 Å². The van der Waals surface area contributed by atoms with E-state index in [2.05, 4.69) is 64.9 Å². The van der Waals surface area contributed by atoms with Gasteiger partial charge in [0.05, 0.1) is 6.54 Å². The first-order valence-corrected chi connectivity index (χ1v) is 10.3. The monoisotopic (exact) mass is 283 g/mol. The molecule has 0 rings (SSSR count). The van der Waals surface area contributed by atoms with Crippen LogP contribution < -0.4 is 5.32 Å². The summed E-state index contributed by atoms with van der Waals surface area (Å²) in [6, 6.07) is 0.412. The second-order valence-electron chi connectivity index (χ2n) is 7.21. The van der Waals surface area contributed by atoms with Crippen LogP contribution in [0.15, 0.2) is 0 Å². The summed E-state index contributed by atoms with van der Waals surface area (Å²) in [7, 11) is -1.64. The van der Waals surface area contributed by atoms with E-state index in [0.717, 1.165) is 19.6 Å². The van der Waals surface area contributed by atoms with Crippen LogP contribution in [0.5, 0.6) is 0 Å². The van der Waals surface area contributed by atoms with Gasteiger partial charge in [0, 0.05) is 12.6 Å². The van der Waals surface area contributed by atoms with E-state index in [-0.39, 0.29) is 5.04 Å². The lowest BCUT2D eigenvalue weighted by molar-refractivity contribution is 0.229. The predicted molar refractivity (Wildman–Crippen MR) is 87.8 cm³/mol. The lowest BCUT2D eigenvalue weighted by atomic mass is 10.0. The maximum Gasteiger partial charge on any atom is 0.192 e. The molecule has 112 valence electrons. The SMILES string of the molecule is CC#CCN[C@H](CO[Si](C)(C)C(C)(C)C)CC(C)C. The predicted octanol–water partition coefficient (Wildman–Crippen LogP) is 4.04. The topological polar surface area (TPSA) is 21.3 Å². The Balaban J connectivity index is 4.42. The zero-order valence-electron chi connectivity index (χ0n) is 14.2. The molecule has 0 unspecified atom stereocenters. The fraction of sp³-hybridized carbons (Fsp3) is 0.875. The minimum Gasteiger partial charge on any atom is -0.415 e. The van der Waals surface area contributed by atoms with Gasteiger partial charge in [0.1, 0.15) is 0 Å². The lowest BCUT2D eigenvalue weighted by Gasteiger charge is -2.37. The van der Waals surface area contributed by atoms with Crippen molar-refractivity contribution in [3.63, 3.8) is 0 Å². The summed E-state index contributed by atoms with van der Waals surface area (Å²) in [5, 5.41) is 3.78. The molecule has 1 atom stereocenters. The first-order valence-electron chi connectivity index (χ1n) is 7.37. The van der Waals surface area contributed by atoms with Crippen LogP contribution in [0.2, 0.25) is 18.1 Å². The van der Waals surface area contributed by atoms with Crippen LogP contribution in [0.1, 0.15) is 48.0 Å². The fourth-order valence-electron chi connectivity index (χ4n) is 1.59. The third-order valence-corrected chi connectivity index (χ3v) is 8.36. The maximum absolute atomic E-state index is 6.32. The summed E-state index contributed by atoms with van der Waals surface area (Å²) in [5.41, 5.74) is 0. The summed E-state index contributed by atoms with van der Waals surface area (Å²) < 4.78 is 6.32. The van der Waals surface area contributed by atoms with Crippen LogP contribution in [-0.2, 0) is 4.43 Å². The van der Waals surface area contributed by atoms with Crippen molar-refractivity contribution in [3.05, 3.63) is 0 Å². The van der Waals surface area contributed by atoms with E-state index in [0.29, 0.717) is 12.0 Å². The van der Waals surface area contributed by atoms with Gasteiger partial charge in [-0.3, -0.25) is 0 Å². The van der Waals surface area contributed by atoms with Gasteiger partial charge in [-0.1, -0.05) is 40.5 Å². The second-order valence-corrected chi connectivity index (χ2v) is 12.0. The highest BCUT2D eigenvalue weighted by atomic mass is 28.4. The molecule has 0 aromatic rings. The van der Waals surface area contributed by atoms with Gasteiger partial charge in [0.15, 0.2) is 8.32 Å². The number of nitrogens with one attached hydrogen (secondary N) is 1. The number of rotatable bonds is 7. The zero-order valence-corrected chi connectivity index (χ0v) is 15.2. The van der Waals surface area contributed by atoms with E-state index < -0.39 is 8.32 Å². The molecule has 0 bridgehead atoms. The fourth-order valence-corrected chi connectivity index (χ4v) is 2.64. The van der Waals surface area contributed by atoms with Gasteiger partial charge in [0.25, 0.3) is 0 Å². The molecule has 3 heteroatoms. The van der Waals surface area contributed by atoms with Crippen molar-refractivity contribution in [1.29, 1.82) is 0 Å². The molecule has 0 aliphatic rings. The molecule has 0 radical (unpaired) electrons. The smallest absolute Gasteiger partial charge is 0.192 e. The van der Waals surface area contributed by atoms with Gasteiger partial charge in [-0.2, -0.15) is 0 Å². The van der Waals surface area contributed by atoms with E-state index in [1.165, 1.54) is 0 Å². The Hall–Kier alpha value is -0.303. The Kier molecular flexibility index (Phi) is 7.96. The first kappa shape index (κ1) is 18.7. The summed E-state index contributed by atoms with van der Waals surface area (Å²) in [6.07, 6.45) is 1.14. The van der Waals surface area contributed by atoms with Gasteiger partial charge >= 0.3 is 0 Å². The Morgan fingerprint density at radius 1 is 1.21 bits per heavy atom. The molecule has 0 saturated carbocycles. The van der Waals surface area contributed by atoms with Crippen molar-refractivity contribution in [3.8, 4) is 11.8 Å². The second kappa shape index (κ2) is 8.09. The van der Waals surface area contributed by atoms with Crippen LogP contribution in [-0.4, -0.2) is 27.5 Å². The van der Waals surface area contributed by atoms with Crippen LogP contribution >= 0.6 is 0 Å². The summed E-state index contributed by atoms with van der Waals surface area (Å²) in [4.78, 5) is 0. The van der Waals surface area contributed by atoms with Gasteiger partial charge in [0.2, 0.25) is 0 Å². The molecule has 0 aliphatic heterocycles. The molecule has 0 amide bonds. The Morgan fingerprint density at radius 2 is 1.79 bits per heavy atom. The molecule has 0 aromatic carbocycles. The molecule has 0 heterocycles. The lowest BCUT2D eigenvalue weighted by Crippen LogP contribution is -2.45. The summed E-state index contributed by atoms with van der Waals surface area (Å²) >= 11 is 0. The molecule has 0 aliphatic carbocycles. The van der Waals surface area contributed by atoms with Crippen LogP contribution in [0.3, 0.4) is 0 Å². The third kappa shape index (κ3) is 7.76. The first-order chi connectivity index (χ1) is 8.60. The Morgan fingerprint density at radius 3 is 2.21 bits per heavy atom. The molecular weight excluding hydrogens is 250 g/mol. The highest BCUT2D eigenvalue weighted by molar-refractivity contribution is 6.74. The normalized spacial score (nSPS) is 14.2. The molecule has 1 N–H and O–H groups in total. The van der Waals surface area contributed by atoms with Crippen molar-refractivity contribution in [1.82, 2.24) is 5.32 Å². The third-order valence-electron chi connectivity index (χ3n) is 3.86. The van der Waals surface area contributed by atoms with Crippen molar-refractivity contribution in [2.75, 3.05) is 13.2 Å². The van der Waals surface area contributed by atoms with E-state index in [9.17, 15) is 0 Å². The summed E-state index contributed by atoms with van der Waals surface area (Å²) in [6.45, 7) is 19.4. The quantitative estimate of drug-likeness (QED) is 0.562. The van der Waals surface area contributed by atoms with Gasteiger partial charge in [-0.25, -0.2) is 0 Å². The number of hydrogen-bond donors (Lipinski definition) is 1. The molecule has 2 nitrogen and oxygen atoms in total. The van der Waals surface area contributed by atoms with Crippen LogP contribution in [0.25, 0.3) is 0 Å². The standard InChI is InChI=1S/C16H33NOSi/c1-9-10-11-17-15(12-14(2)3)13-18-19(7,8)16(4,5)6/h14-15,17H,11-13H2,1-8H3/t15-/m0/s1. The minimum atomic E-state index is -1.64. The molecular formula is C16H33NOSi. The van der Waals surface area contributed by atoms with Crippen LogP contribution in [0.4, 0.5) is 0 Å². The van der Waals surface area contributed by atoms with Crippen molar-refractivity contribution in [2.45, 2.75) is 72.1 Å². The van der Waals surface area contributed by atoms with Gasteiger partial charge in [-0.05, 0) is 37.4 Å². The molecule has 0 aromatic heterocycles. The number of hydrogen-bond acceptors (Lipinski definition) is 2. The zero-order chi connectivity index (χ0) is 15.1. The average Bonchev–Trinajstić information content (AvgIpc) is 2.23. The van der Waals surface area contributed by atoms with E-state index in [1.54, 1.807) is 0 Å². The molecule has 0 fully saturated rings. The molecule has 0 spiro atoms. The highest BCUT2D eigenvalue weighted by Gasteiger charge is 2.37.